The van der Waals surface area contributed by atoms with Crippen LogP contribution in [0.25, 0.3) is 11.2 Å². The van der Waals surface area contributed by atoms with Crippen molar-refractivity contribution in [3.63, 3.8) is 0 Å². The Morgan fingerprint density at radius 2 is 1.71 bits per heavy atom. The summed E-state index contributed by atoms with van der Waals surface area (Å²) in [5, 5.41) is 0. The lowest BCUT2D eigenvalue weighted by atomic mass is 10.2. The maximum Gasteiger partial charge on any atom is 0.472 e. The van der Waals surface area contributed by atoms with Crippen LogP contribution in [0.1, 0.15) is 39.1 Å². The number of phosphoric acid groups is 1. The number of aromatic amines is 1. The normalized spacial score (nSPS) is 27.5. The number of aromatic nitrogens is 7. The van der Waals surface area contributed by atoms with Crippen molar-refractivity contribution in [2.24, 2.45) is 0 Å². The Morgan fingerprint density at radius 1 is 1.02 bits per heavy atom. The molecule has 0 amide bonds. The molecule has 3 aromatic rings. The molecule has 0 aromatic carbocycles. The first-order valence-electron chi connectivity index (χ1n) is 13.2. The number of nitrogens with one attached hydrogen (secondary N) is 1. The second-order valence-corrected chi connectivity index (χ2v) is 10.9. The molecule has 5 rings (SSSR count). The van der Waals surface area contributed by atoms with E-state index in [0.29, 0.717) is 13.2 Å². The van der Waals surface area contributed by atoms with Crippen LogP contribution in [0.4, 0.5) is 11.9 Å². The molecular formula is C22H32N9O10P. The van der Waals surface area contributed by atoms with Crippen LogP contribution in [0.2, 0.25) is 0 Å². The third-order valence-corrected chi connectivity index (χ3v) is 7.73. The highest BCUT2D eigenvalue weighted by atomic mass is 31.2. The molecule has 7 atom stereocenters. The molecule has 0 spiro atoms. The number of phosphoric ester groups is 1. The van der Waals surface area contributed by atoms with E-state index in [4.69, 9.17) is 39.5 Å². The van der Waals surface area contributed by atoms with E-state index in [9.17, 15) is 19.0 Å². The van der Waals surface area contributed by atoms with Gasteiger partial charge in [0.25, 0.3) is 5.56 Å². The molecule has 230 valence electrons. The maximum absolute atomic E-state index is 13.1. The summed E-state index contributed by atoms with van der Waals surface area (Å²) < 4.78 is 49.8. The molecule has 2 aliphatic rings. The molecule has 6 N–H and O–H groups in total. The average Bonchev–Trinajstić information content (AvgIpc) is 3.63. The largest absolute Gasteiger partial charge is 0.472 e. The molecule has 20 heteroatoms. The Hall–Kier alpha value is -3.29. The number of imidazole rings is 1. The van der Waals surface area contributed by atoms with E-state index in [1.165, 1.54) is 17.2 Å². The van der Waals surface area contributed by atoms with Crippen molar-refractivity contribution in [2.45, 2.75) is 63.6 Å². The quantitative estimate of drug-likeness (QED) is 0.187. The molecule has 42 heavy (non-hydrogen) atoms. The third-order valence-electron chi connectivity index (χ3n) is 6.72. The van der Waals surface area contributed by atoms with Crippen molar-refractivity contribution in [3.8, 4) is 0 Å². The number of fused-ring (bicyclic) bond motifs is 1. The van der Waals surface area contributed by atoms with E-state index >= 15 is 0 Å². The molecule has 0 radical (unpaired) electrons. The highest BCUT2D eigenvalue weighted by Crippen LogP contribution is 2.49. The summed E-state index contributed by atoms with van der Waals surface area (Å²) in [6.07, 6.45) is -1.77. The van der Waals surface area contributed by atoms with Crippen molar-refractivity contribution in [2.75, 3.05) is 37.9 Å². The van der Waals surface area contributed by atoms with Gasteiger partial charge in [0.05, 0.1) is 25.6 Å². The van der Waals surface area contributed by atoms with Crippen molar-refractivity contribution in [1.82, 2.24) is 34.1 Å². The Balaban J connectivity index is 1.27. The summed E-state index contributed by atoms with van der Waals surface area (Å²) in [7, 11) is -4.68. The number of hydrogen-bond donors (Lipinski definition) is 4. The number of anilines is 2. The first-order chi connectivity index (χ1) is 20.1. The number of rotatable bonds is 12. The van der Waals surface area contributed by atoms with Crippen molar-refractivity contribution >= 4 is 30.9 Å². The number of nitrogen functional groups attached to an aromatic ring is 2. The molecule has 0 aliphatic carbocycles. The van der Waals surface area contributed by atoms with Crippen LogP contribution in [-0.4, -0.2) is 89.8 Å². The Morgan fingerprint density at radius 3 is 2.43 bits per heavy atom. The minimum absolute atomic E-state index is 0.0543. The first kappa shape index (κ1) is 30.2. The van der Waals surface area contributed by atoms with E-state index in [-0.39, 0.29) is 49.1 Å². The number of hydrogen-bond acceptors (Lipinski definition) is 15. The Labute approximate surface area is 237 Å². The van der Waals surface area contributed by atoms with Crippen LogP contribution in [-0.2, 0) is 32.6 Å². The number of ether oxygens (including phenoxy) is 4. The minimum Gasteiger partial charge on any atom is -0.379 e. The third kappa shape index (κ3) is 6.52. The van der Waals surface area contributed by atoms with Gasteiger partial charge in [0, 0.05) is 26.1 Å². The first-order valence-corrected chi connectivity index (χ1v) is 14.7. The van der Waals surface area contributed by atoms with E-state index in [1.54, 1.807) is 13.8 Å². The lowest BCUT2D eigenvalue weighted by Gasteiger charge is -2.23. The van der Waals surface area contributed by atoms with Gasteiger partial charge in [0.1, 0.15) is 37.1 Å². The number of nitrogens with two attached hydrogens (primary N) is 2. The van der Waals surface area contributed by atoms with Crippen molar-refractivity contribution in [3.05, 3.63) is 33.5 Å². The van der Waals surface area contributed by atoms with Crippen LogP contribution in [0.15, 0.2) is 22.2 Å². The van der Waals surface area contributed by atoms with Crippen molar-refractivity contribution in [1.29, 1.82) is 0 Å². The van der Waals surface area contributed by atoms with Gasteiger partial charge in [-0.2, -0.15) is 9.97 Å². The summed E-state index contributed by atoms with van der Waals surface area (Å²) in [6.45, 7) is 3.94. The highest BCUT2D eigenvalue weighted by Gasteiger charge is 2.44. The summed E-state index contributed by atoms with van der Waals surface area (Å²) in [4.78, 5) is 53.1. The lowest BCUT2D eigenvalue weighted by Crippen LogP contribution is -2.31. The smallest absolute Gasteiger partial charge is 0.379 e. The van der Waals surface area contributed by atoms with Gasteiger partial charge in [-0.05, 0) is 13.8 Å². The molecule has 1 unspecified atom stereocenters. The molecule has 2 aliphatic heterocycles. The Kier molecular flexibility index (Phi) is 9.00. The van der Waals surface area contributed by atoms with Gasteiger partial charge in [-0.1, -0.05) is 0 Å². The molecule has 2 fully saturated rings. The van der Waals surface area contributed by atoms with Crippen LogP contribution in [0, 0.1) is 0 Å². The monoisotopic (exact) mass is 613 g/mol. The molecule has 0 saturated carbocycles. The molecule has 5 heterocycles. The van der Waals surface area contributed by atoms with Gasteiger partial charge in [0.15, 0.2) is 11.2 Å². The van der Waals surface area contributed by atoms with E-state index in [1.807, 2.05) is 0 Å². The van der Waals surface area contributed by atoms with Gasteiger partial charge in [-0.3, -0.25) is 28.0 Å². The minimum atomic E-state index is -4.68. The lowest BCUT2D eigenvalue weighted by molar-refractivity contribution is -0.0704. The van der Waals surface area contributed by atoms with Crippen LogP contribution in [0.5, 0.6) is 0 Å². The van der Waals surface area contributed by atoms with Gasteiger partial charge in [-0.15, -0.1) is 0 Å². The molecule has 2 saturated heterocycles. The fraction of sp³-hybridized carbons (Fsp3) is 0.636. The Bertz CT molecular complexity index is 1560. The maximum atomic E-state index is 13.1. The van der Waals surface area contributed by atoms with Gasteiger partial charge in [0.2, 0.25) is 11.9 Å². The topological polar surface area (TPSA) is 256 Å². The second kappa shape index (κ2) is 12.5. The van der Waals surface area contributed by atoms with Crippen LogP contribution >= 0.6 is 7.82 Å². The predicted molar refractivity (Wildman–Crippen MR) is 143 cm³/mol. The van der Waals surface area contributed by atoms with Crippen molar-refractivity contribution < 1.29 is 37.5 Å². The zero-order valence-electron chi connectivity index (χ0n) is 22.8. The SMILES string of the molecule is CCOC[C@H]1O[C@@H](n2cnc3c(=O)[nH]c(N)nc32)C[C@@H]1OP(=O)(O)OC[C@H]1O[C@@H](n2cnc(N)nc2=O)C[C@@H]1OCC. The molecular weight excluding hydrogens is 581 g/mol. The fourth-order valence-corrected chi connectivity index (χ4v) is 5.81. The van der Waals surface area contributed by atoms with Gasteiger partial charge >= 0.3 is 13.5 Å². The molecule has 3 aromatic heterocycles. The summed E-state index contributed by atoms with van der Waals surface area (Å²) in [5.74, 6) is -0.278. The van der Waals surface area contributed by atoms with Crippen LogP contribution < -0.4 is 22.7 Å². The van der Waals surface area contributed by atoms with Gasteiger partial charge < -0.3 is 35.3 Å². The number of H-pyrrole nitrogens is 1. The average molecular weight is 614 g/mol. The van der Waals surface area contributed by atoms with Gasteiger partial charge in [-0.25, -0.2) is 19.3 Å². The van der Waals surface area contributed by atoms with E-state index in [2.05, 4.69) is 24.9 Å². The summed E-state index contributed by atoms with van der Waals surface area (Å²) in [5.41, 5.74) is 10.2. The highest BCUT2D eigenvalue weighted by molar-refractivity contribution is 7.47. The number of nitrogens with zero attached hydrogens (tertiary/aromatic N) is 6. The second-order valence-electron chi connectivity index (χ2n) is 9.47. The molecule has 19 nitrogen and oxygen atoms in total. The summed E-state index contributed by atoms with van der Waals surface area (Å²) in [6, 6.07) is 0. The standard InChI is InChI=1S/C22H32N9O10P/c1-3-36-7-13-12(6-15(39-13)30-9-25-17-18(30)27-21(24)28-19(17)32)41-42(34,35)38-8-14-11(37-4-2)5-16(40-14)31-10-26-20(23)29-22(31)33/h9-16H,3-8H2,1-2H3,(H,34,35)(H2,23,29,33)(H3,24,27,28,32)/t11-,12-,13+,14+,15+,16+/m0/s1. The van der Waals surface area contributed by atoms with Crippen LogP contribution in [0.3, 0.4) is 0 Å². The molecule has 0 bridgehead atoms. The zero-order valence-corrected chi connectivity index (χ0v) is 23.7. The summed E-state index contributed by atoms with van der Waals surface area (Å²) >= 11 is 0. The zero-order chi connectivity index (χ0) is 30.0. The van der Waals surface area contributed by atoms with E-state index < -0.39 is 55.9 Å². The fourth-order valence-electron chi connectivity index (χ4n) is 4.85. The van der Waals surface area contributed by atoms with E-state index in [0.717, 1.165) is 4.57 Å². The predicted octanol–water partition coefficient (Wildman–Crippen LogP) is -0.545.